The van der Waals surface area contributed by atoms with E-state index >= 15 is 0 Å². The lowest BCUT2D eigenvalue weighted by Crippen LogP contribution is -1.82. The first-order valence-corrected chi connectivity index (χ1v) is 4.82. The number of nitrogens with zero attached hydrogens (tertiary/aromatic N) is 3. The summed E-state index contributed by atoms with van der Waals surface area (Å²) < 4.78 is 0. The molecule has 2 heterocycles. The van der Waals surface area contributed by atoms with Gasteiger partial charge in [0.05, 0.1) is 11.6 Å². The topological polar surface area (TPSA) is 49.6 Å². The van der Waals surface area contributed by atoms with Crippen molar-refractivity contribution in [2.24, 2.45) is 0 Å². The Kier molecular flexibility index (Phi) is 3.05. The van der Waals surface area contributed by atoms with Crippen molar-refractivity contribution in [1.82, 2.24) is 9.97 Å². The Morgan fingerprint density at radius 1 is 1.00 bits per heavy atom. The summed E-state index contributed by atoms with van der Waals surface area (Å²) in [6.45, 7) is 0. The lowest BCUT2D eigenvalue weighted by atomic mass is 10.1. The molecule has 0 N–H and O–H groups in total. The normalized spacial score (nSPS) is 10.8. The maximum atomic E-state index is 9.09. The van der Waals surface area contributed by atoms with Gasteiger partial charge in [0.15, 0.2) is 0 Å². The maximum Gasteiger partial charge on any atom is 0.0998 e. The molecule has 3 heteroatoms. The third-order valence-electron chi connectivity index (χ3n) is 2.13. The summed E-state index contributed by atoms with van der Waals surface area (Å²) in [7, 11) is 0. The Morgan fingerprint density at radius 2 is 1.56 bits per heavy atom. The molecule has 0 fully saturated rings. The van der Waals surface area contributed by atoms with Crippen molar-refractivity contribution >= 4 is 11.6 Å². The average molecular weight is 207 g/mol. The highest BCUT2D eigenvalue weighted by Gasteiger charge is 1.99. The molecule has 0 bridgehead atoms. The first kappa shape index (κ1) is 10.1. The Balaban J connectivity index is 2.39. The van der Waals surface area contributed by atoms with Crippen LogP contribution in [0.1, 0.15) is 11.1 Å². The molecule has 0 spiro atoms. The predicted molar refractivity (Wildman–Crippen MR) is 62.0 cm³/mol. The maximum absolute atomic E-state index is 9.09. The van der Waals surface area contributed by atoms with Gasteiger partial charge in [0.25, 0.3) is 0 Å². The van der Waals surface area contributed by atoms with E-state index in [1.165, 1.54) is 0 Å². The quantitative estimate of drug-likeness (QED) is 0.711. The third-order valence-corrected chi connectivity index (χ3v) is 2.13. The molecule has 0 unspecified atom stereocenters. The number of hydrogen-bond donors (Lipinski definition) is 0. The van der Waals surface area contributed by atoms with Crippen molar-refractivity contribution in [2.45, 2.75) is 0 Å². The van der Waals surface area contributed by atoms with Crippen molar-refractivity contribution in [2.75, 3.05) is 0 Å². The molecule has 2 aromatic rings. The fourth-order valence-electron chi connectivity index (χ4n) is 1.34. The SMILES string of the molecule is N#C/C(=C/c1ccncc1)c1ccncc1. The van der Waals surface area contributed by atoms with E-state index < -0.39 is 0 Å². The molecule has 0 saturated carbocycles. The number of aromatic nitrogens is 2. The van der Waals surface area contributed by atoms with Crippen molar-refractivity contribution in [3.63, 3.8) is 0 Å². The van der Waals surface area contributed by atoms with Gasteiger partial charge in [-0.15, -0.1) is 0 Å². The van der Waals surface area contributed by atoms with E-state index in [0.29, 0.717) is 5.57 Å². The van der Waals surface area contributed by atoms with Gasteiger partial charge in [-0.1, -0.05) is 0 Å². The lowest BCUT2D eigenvalue weighted by Gasteiger charge is -1.98. The molecular weight excluding hydrogens is 198 g/mol. The zero-order valence-electron chi connectivity index (χ0n) is 8.54. The van der Waals surface area contributed by atoms with Gasteiger partial charge in [-0.25, -0.2) is 0 Å². The summed E-state index contributed by atoms with van der Waals surface area (Å²) >= 11 is 0. The number of allylic oxidation sites excluding steroid dienone is 1. The second kappa shape index (κ2) is 4.85. The Labute approximate surface area is 93.7 Å². The molecule has 76 valence electrons. The Morgan fingerprint density at radius 3 is 2.12 bits per heavy atom. The van der Waals surface area contributed by atoms with Crippen molar-refractivity contribution in [1.29, 1.82) is 5.26 Å². The van der Waals surface area contributed by atoms with E-state index in [1.54, 1.807) is 24.8 Å². The zero-order chi connectivity index (χ0) is 11.2. The fourth-order valence-corrected chi connectivity index (χ4v) is 1.34. The number of pyridine rings is 2. The minimum Gasteiger partial charge on any atom is -0.265 e. The average Bonchev–Trinajstić information content (AvgIpc) is 2.38. The molecule has 0 aliphatic rings. The number of hydrogen-bond acceptors (Lipinski definition) is 3. The van der Waals surface area contributed by atoms with Crippen LogP contribution in [0.3, 0.4) is 0 Å². The van der Waals surface area contributed by atoms with Crippen LogP contribution in [0.2, 0.25) is 0 Å². The van der Waals surface area contributed by atoms with E-state index in [1.807, 2.05) is 30.3 Å². The molecule has 0 amide bonds. The van der Waals surface area contributed by atoms with Crippen LogP contribution in [0.5, 0.6) is 0 Å². The predicted octanol–water partition coefficient (Wildman–Crippen LogP) is 2.54. The van der Waals surface area contributed by atoms with Crippen LogP contribution < -0.4 is 0 Å². The molecule has 16 heavy (non-hydrogen) atoms. The molecule has 2 aromatic heterocycles. The summed E-state index contributed by atoms with van der Waals surface area (Å²) in [6.07, 6.45) is 8.58. The Bertz CT molecular complexity index is 524. The van der Waals surface area contributed by atoms with E-state index in [2.05, 4.69) is 16.0 Å². The van der Waals surface area contributed by atoms with E-state index in [-0.39, 0.29) is 0 Å². The molecule has 0 atom stereocenters. The standard InChI is InChI=1S/C13H9N3/c14-10-13(12-3-7-16-8-4-12)9-11-1-5-15-6-2-11/h1-9H/b13-9-. The highest BCUT2D eigenvalue weighted by molar-refractivity contribution is 5.89. The summed E-state index contributed by atoms with van der Waals surface area (Å²) in [5, 5.41) is 9.09. The van der Waals surface area contributed by atoms with Crippen LogP contribution in [0.25, 0.3) is 11.6 Å². The van der Waals surface area contributed by atoms with Crippen LogP contribution in [0.4, 0.5) is 0 Å². The highest BCUT2D eigenvalue weighted by atomic mass is 14.6. The first-order valence-electron chi connectivity index (χ1n) is 4.82. The monoisotopic (exact) mass is 207 g/mol. The molecule has 0 aliphatic carbocycles. The zero-order valence-corrected chi connectivity index (χ0v) is 8.54. The van der Waals surface area contributed by atoms with Crippen LogP contribution >= 0.6 is 0 Å². The van der Waals surface area contributed by atoms with Gasteiger partial charge in [-0.2, -0.15) is 5.26 Å². The fraction of sp³-hybridized carbons (Fsp3) is 0. The number of nitriles is 1. The molecule has 2 rings (SSSR count). The Hall–Kier alpha value is -2.47. The number of rotatable bonds is 2. The highest BCUT2D eigenvalue weighted by Crippen LogP contribution is 2.15. The minimum atomic E-state index is 0.619. The second-order valence-electron chi connectivity index (χ2n) is 3.19. The van der Waals surface area contributed by atoms with E-state index in [9.17, 15) is 0 Å². The molecule has 0 saturated heterocycles. The van der Waals surface area contributed by atoms with Gasteiger partial charge >= 0.3 is 0 Å². The van der Waals surface area contributed by atoms with Gasteiger partial charge < -0.3 is 0 Å². The summed E-state index contributed by atoms with van der Waals surface area (Å²) in [6, 6.07) is 9.53. The van der Waals surface area contributed by atoms with Gasteiger partial charge in [-0.3, -0.25) is 9.97 Å². The van der Waals surface area contributed by atoms with Crippen molar-refractivity contribution in [3.8, 4) is 6.07 Å². The van der Waals surface area contributed by atoms with Crippen LogP contribution in [-0.4, -0.2) is 9.97 Å². The van der Waals surface area contributed by atoms with Crippen LogP contribution in [0.15, 0.2) is 49.1 Å². The summed E-state index contributed by atoms with van der Waals surface area (Å²) in [5.74, 6) is 0. The van der Waals surface area contributed by atoms with Gasteiger partial charge in [0.2, 0.25) is 0 Å². The largest absolute Gasteiger partial charge is 0.265 e. The van der Waals surface area contributed by atoms with Gasteiger partial charge in [-0.05, 0) is 41.5 Å². The second-order valence-corrected chi connectivity index (χ2v) is 3.19. The van der Waals surface area contributed by atoms with Crippen molar-refractivity contribution < 1.29 is 0 Å². The van der Waals surface area contributed by atoms with Gasteiger partial charge in [0, 0.05) is 24.8 Å². The van der Waals surface area contributed by atoms with E-state index in [0.717, 1.165) is 11.1 Å². The smallest absolute Gasteiger partial charge is 0.0998 e. The van der Waals surface area contributed by atoms with Gasteiger partial charge in [0.1, 0.15) is 0 Å². The minimum absolute atomic E-state index is 0.619. The van der Waals surface area contributed by atoms with Crippen LogP contribution in [0, 0.1) is 11.3 Å². The molecule has 3 nitrogen and oxygen atoms in total. The molecular formula is C13H9N3. The lowest BCUT2D eigenvalue weighted by molar-refractivity contribution is 1.31. The third kappa shape index (κ3) is 2.31. The van der Waals surface area contributed by atoms with Crippen LogP contribution in [-0.2, 0) is 0 Å². The molecule has 0 aliphatic heterocycles. The molecule has 0 aromatic carbocycles. The summed E-state index contributed by atoms with van der Waals surface area (Å²) in [5.41, 5.74) is 2.45. The first-order chi connectivity index (χ1) is 7.90. The van der Waals surface area contributed by atoms with E-state index in [4.69, 9.17) is 5.26 Å². The molecule has 0 radical (unpaired) electrons. The van der Waals surface area contributed by atoms with Crippen molar-refractivity contribution in [3.05, 3.63) is 60.2 Å². The summed E-state index contributed by atoms with van der Waals surface area (Å²) in [4.78, 5) is 7.85.